The average Bonchev–Trinajstić information content (AvgIpc) is 2.51. The maximum absolute atomic E-state index is 12.2. The standard InChI is InChI=1S/C19H23ClN2O/c1-4-22(17-7-5-6-14(2)12-17)11-10-19(23)21-18-13-16(20)9-8-15(18)3/h5-9,12-13H,4,10-11H2,1-3H3,(H,21,23). The third-order valence-corrected chi connectivity index (χ3v) is 4.07. The van der Waals surface area contributed by atoms with Crippen LogP contribution in [0.5, 0.6) is 0 Å². The van der Waals surface area contributed by atoms with Crippen molar-refractivity contribution >= 4 is 28.9 Å². The highest BCUT2D eigenvalue weighted by Crippen LogP contribution is 2.21. The molecule has 1 N–H and O–H groups in total. The first-order chi connectivity index (χ1) is 11.0. The molecule has 122 valence electrons. The van der Waals surface area contributed by atoms with Gasteiger partial charge >= 0.3 is 0 Å². The Morgan fingerprint density at radius 2 is 1.96 bits per heavy atom. The number of amides is 1. The van der Waals surface area contributed by atoms with Crippen molar-refractivity contribution in [1.29, 1.82) is 0 Å². The molecule has 0 aliphatic carbocycles. The number of anilines is 2. The van der Waals surface area contributed by atoms with E-state index in [-0.39, 0.29) is 5.91 Å². The van der Waals surface area contributed by atoms with Crippen LogP contribution < -0.4 is 10.2 Å². The van der Waals surface area contributed by atoms with Gasteiger partial charge in [-0.05, 0) is 56.2 Å². The number of hydrogen-bond donors (Lipinski definition) is 1. The normalized spacial score (nSPS) is 10.4. The van der Waals surface area contributed by atoms with E-state index in [1.807, 2.05) is 25.1 Å². The van der Waals surface area contributed by atoms with E-state index in [0.29, 0.717) is 18.0 Å². The molecule has 0 fully saturated rings. The van der Waals surface area contributed by atoms with Crippen LogP contribution in [0, 0.1) is 13.8 Å². The number of aryl methyl sites for hydroxylation is 2. The van der Waals surface area contributed by atoms with Crippen LogP contribution in [0.25, 0.3) is 0 Å². The van der Waals surface area contributed by atoms with Gasteiger partial charge in [0.1, 0.15) is 0 Å². The van der Waals surface area contributed by atoms with Crippen LogP contribution in [-0.4, -0.2) is 19.0 Å². The largest absolute Gasteiger partial charge is 0.371 e. The number of carbonyl (C=O) groups is 1. The van der Waals surface area contributed by atoms with Crippen molar-refractivity contribution in [2.24, 2.45) is 0 Å². The molecule has 2 aromatic rings. The summed E-state index contributed by atoms with van der Waals surface area (Å²) in [5, 5.41) is 3.57. The van der Waals surface area contributed by atoms with Crippen molar-refractivity contribution in [3.05, 3.63) is 58.6 Å². The zero-order chi connectivity index (χ0) is 16.8. The fraction of sp³-hybridized carbons (Fsp3) is 0.316. The lowest BCUT2D eigenvalue weighted by atomic mass is 10.2. The van der Waals surface area contributed by atoms with Gasteiger partial charge in [-0.2, -0.15) is 0 Å². The molecule has 0 bridgehead atoms. The average molecular weight is 331 g/mol. The Bertz CT molecular complexity index is 685. The minimum atomic E-state index is 0.00136. The van der Waals surface area contributed by atoms with Gasteiger partial charge in [0, 0.05) is 35.9 Å². The van der Waals surface area contributed by atoms with Crippen molar-refractivity contribution in [2.45, 2.75) is 27.2 Å². The van der Waals surface area contributed by atoms with Crippen molar-refractivity contribution < 1.29 is 4.79 Å². The number of halogens is 1. The summed E-state index contributed by atoms with van der Waals surface area (Å²) >= 11 is 5.99. The molecule has 0 heterocycles. The molecule has 0 saturated carbocycles. The molecule has 4 heteroatoms. The number of nitrogens with zero attached hydrogens (tertiary/aromatic N) is 1. The first kappa shape index (κ1) is 17.4. The van der Waals surface area contributed by atoms with E-state index in [9.17, 15) is 4.79 Å². The Hall–Kier alpha value is -2.00. The molecule has 0 unspecified atom stereocenters. The molecule has 0 saturated heterocycles. The van der Waals surface area contributed by atoms with Gasteiger partial charge in [-0.1, -0.05) is 29.8 Å². The number of nitrogens with one attached hydrogen (secondary N) is 1. The van der Waals surface area contributed by atoms with Crippen LogP contribution in [-0.2, 0) is 4.79 Å². The molecule has 2 rings (SSSR count). The highest BCUT2D eigenvalue weighted by Gasteiger charge is 2.09. The monoisotopic (exact) mass is 330 g/mol. The van der Waals surface area contributed by atoms with Crippen molar-refractivity contribution in [3.8, 4) is 0 Å². The van der Waals surface area contributed by atoms with Crippen LogP contribution in [0.4, 0.5) is 11.4 Å². The van der Waals surface area contributed by atoms with E-state index in [4.69, 9.17) is 11.6 Å². The summed E-state index contributed by atoms with van der Waals surface area (Å²) in [6, 6.07) is 13.9. The number of carbonyl (C=O) groups excluding carboxylic acids is 1. The maximum Gasteiger partial charge on any atom is 0.226 e. The molecule has 0 spiro atoms. The summed E-state index contributed by atoms with van der Waals surface area (Å²) in [6.07, 6.45) is 0.438. The second kappa shape index (κ2) is 8.02. The summed E-state index contributed by atoms with van der Waals surface area (Å²) in [7, 11) is 0. The summed E-state index contributed by atoms with van der Waals surface area (Å²) in [5.74, 6) is 0.00136. The minimum Gasteiger partial charge on any atom is -0.371 e. The molecule has 1 amide bonds. The SMILES string of the molecule is CCN(CCC(=O)Nc1cc(Cl)ccc1C)c1cccc(C)c1. The fourth-order valence-corrected chi connectivity index (χ4v) is 2.64. The van der Waals surface area contributed by atoms with E-state index in [1.54, 1.807) is 6.07 Å². The molecule has 0 radical (unpaired) electrons. The zero-order valence-corrected chi connectivity index (χ0v) is 14.7. The lowest BCUT2D eigenvalue weighted by Crippen LogP contribution is -2.27. The van der Waals surface area contributed by atoms with Gasteiger partial charge in [0.2, 0.25) is 5.91 Å². The highest BCUT2D eigenvalue weighted by molar-refractivity contribution is 6.31. The van der Waals surface area contributed by atoms with E-state index in [1.165, 1.54) is 5.56 Å². The molecule has 0 aromatic heterocycles. The van der Waals surface area contributed by atoms with Gasteiger partial charge in [0.25, 0.3) is 0 Å². The van der Waals surface area contributed by atoms with Crippen molar-refractivity contribution in [1.82, 2.24) is 0 Å². The van der Waals surface area contributed by atoms with E-state index < -0.39 is 0 Å². The predicted octanol–water partition coefficient (Wildman–Crippen LogP) is 4.81. The first-order valence-corrected chi connectivity index (χ1v) is 8.25. The second-order valence-electron chi connectivity index (χ2n) is 5.68. The molecular weight excluding hydrogens is 308 g/mol. The van der Waals surface area contributed by atoms with Crippen LogP contribution in [0.15, 0.2) is 42.5 Å². The molecule has 0 aliphatic heterocycles. The number of benzene rings is 2. The van der Waals surface area contributed by atoms with Gasteiger partial charge in [-0.15, -0.1) is 0 Å². The minimum absolute atomic E-state index is 0.00136. The van der Waals surface area contributed by atoms with Gasteiger partial charge in [-0.25, -0.2) is 0 Å². The Morgan fingerprint density at radius 1 is 1.17 bits per heavy atom. The molecule has 0 aliphatic rings. The number of rotatable bonds is 6. The van der Waals surface area contributed by atoms with E-state index >= 15 is 0 Å². The van der Waals surface area contributed by atoms with Crippen molar-refractivity contribution in [2.75, 3.05) is 23.3 Å². The van der Waals surface area contributed by atoms with Gasteiger partial charge in [-0.3, -0.25) is 4.79 Å². The molecular formula is C19H23ClN2O. The van der Waals surface area contributed by atoms with Crippen LogP contribution in [0.1, 0.15) is 24.5 Å². The van der Waals surface area contributed by atoms with Gasteiger partial charge < -0.3 is 10.2 Å². The smallest absolute Gasteiger partial charge is 0.226 e. The second-order valence-corrected chi connectivity index (χ2v) is 6.11. The molecule has 2 aromatic carbocycles. The third kappa shape index (κ3) is 5.00. The Kier molecular flexibility index (Phi) is 6.05. The molecule has 23 heavy (non-hydrogen) atoms. The van der Waals surface area contributed by atoms with Gasteiger partial charge in [0.15, 0.2) is 0 Å². The van der Waals surface area contributed by atoms with Crippen LogP contribution >= 0.6 is 11.6 Å². The lowest BCUT2D eigenvalue weighted by molar-refractivity contribution is -0.116. The molecule has 3 nitrogen and oxygen atoms in total. The highest BCUT2D eigenvalue weighted by atomic mass is 35.5. The molecule has 0 atom stereocenters. The summed E-state index contributed by atoms with van der Waals surface area (Å²) in [6.45, 7) is 7.68. The van der Waals surface area contributed by atoms with Crippen LogP contribution in [0.3, 0.4) is 0 Å². The van der Waals surface area contributed by atoms with Crippen LogP contribution in [0.2, 0.25) is 5.02 Å². The van der Waals surface area contributed by atoms with E-state index in [2.05, 4.69) is 42.3 Å². The Labute approximate surface area is 143 Å². The predicted molar refractivity (Wildman–Crippen MR) is 98.5 cm³/mol. The Morgan fingerprint density at radius 3 is 2.65 bits per heavy atom. The lowest BCUT2D eigenvalue weighted by Gasteiger charge is -2.23. The first-order valence-electron chi connectivity index (χ1n) is 7.87. The summed E-state index contributed by atoms with van der Waals surface area (Å²) in [4.78, 5) is 14.4. The summed E-state index contributed by atoms with van der Waals surface area (Å²) < 4.78 is 0. The van der Waals surface area contributed by atoms with Gasteiger partial charge in [0.05, 0.1) is 0 Å². The van der Waals surface area contributed by atoms with Crippen molar-refractivity contribution in [3.63, 3.8) is 0 Å². The maximum atomic E-state index is 12.2. The van der Waals surface area contributed by atoms with E-state index in [0.717, 1.165) is 23.5 Å². The summed E-state index contributed by atoms with van der Waals surface area (Å²) in [5.41, 5.74) is 4.16. The number of hydrogen-bond acceptors (Lipinski definition) is 2. The quantitative estimate of drug-likeness (QED) is 0.824. The third-order valence-electron chi connectivity index (χ3n) is 3.83. The Balaban J connectivity index is 1.96. The fourth-order valence-electron chi connectivity index (χ4n) is 2.47. The topological polar surface area (TPSA) is 32.3 Å². The zero-order valence-electron chi connectivity index (χ0n) is 13.9.